The van der Waals surface area contributed by atoms with E-state index < -0.39 is 0 Å². The molecule has 0 bridgehead atoms. The van der Waals surface area contributed by atoms with Gasteiger partial charge in [0.1, 0.15) is 11.4 Å². The van der Waals surface area contributed by atoms with Crippen molar-refractivity contribution in [1.82, 2.24) is 24.8 Å². The lowest BCUT2D eigenvalue weighted by molar-refractivity contribution is -0.137. The van der Waals surface area contributed by atoms with Crippen LogP contribution < -0.4 is 4.74 Å². The van der Waals surface area contributed by atoms with Gasteiger partial charge in [0.2, 0.25) is 11.8 Å². The zero-order chi connectivity index (χ0) is 20.9. The number of aromatic nitrogens is 3. The van der Waals surface area contributed by atoms with Crippen LogP contribution in [0.1, 0.15) is 49.9 Å². The molecule has 8 nitrogen and oxygen atoms in total. The number of benzene rings is 1. The monoisotopic (exact) mass is 411 g/mol. The second-order valence-electron chi connectivity index (χ2n) is 8.05. The minimum atomic E-state index is 0.166. The standard InChI is InChI=1S/C22H29N5O3/c1-2-12-30-20-8-5-17(6-9-20)7-10-22(29)26-15-19(16-26)27-14-18(23-24-27)13-25-11-3-4-21(25)28/h5-6,8-9,14,19H,2-4,7,10-13,15-16H2,1H3. The molecule has 1 aromatic carbocycles. The molecule has 30 heavy (non-hydrogen) atoms. The second kappa shape index (κ2) is 9.28. The first kappa shape index (κ1) is 20.4. The van der Waals surface area contributed by atoms with Gasteiger partial charge in [-0.2, -0.15) is 0 Å². The molecule has 2 aliphatic heterocycles. The third-order valence-electron chi connectivity index (χ3n) is 5.69. The van der Waals surface area contributed by atoms with E-state index in [9.17, 15) is 9.59 Å². The molecule has 2 aliphatic rings. The van der Waals surface area contributed by atoms with Gasteiger partial charge in [-0.25, -0.2) is 4.68 Å². The van der Waals surface area contributed by atoms with Gasteiger partial charge in [0, 0.05) is 32.5 Å². The summed E-state index contributed by atoms with van der Waals surface area (Å²) >= 11 is 0. The van der Waals surface area contributed by atoms with Crippen LogP contribution in [0.2, 0.25) is 0 Å². The maximum Gasteiger partial charge on any atom is 0.223 e. The highest BCUT2D eigenvalue weighted by Gasteiger charge is 2.32. The molecule has 0 spiro atoms. The van der Waals surface area contributed by atoms with Crippen molar-refractivity contribution in [2.45, 2.75) is 51.6 Å². The smallest absolute Gasteiger partial charge is 0.223 e. The number of hydrogen-bond acceptors (Lipinski definition) is 5. The zero-order valence-corrected chi connectivity index (χ0v) is 17.5. The predicted molar refractivity (Wildman–Crippen MR) is 111 cm³/mol. The van der Waals surface area contributed by atoms with E-state index in [4.69, 9.17) is 4.74 Å². The quantitative estimate of drug-likeness (QED) is 0.632. The van der Waals surface area contributed by atoms with Gasteiger partial charge in [0.05, 0.1) is 25.4 Å². The molecule has 2 amide bonds. The number of amides is 2. The van der Waals surface area contributed by atoms with Gasteiger partial charge in [0.25, 0.3) is 0 Å². The summed E-state index contributed by atoms with van der Waals surface area (Å²) in [5.41, 5.74) is 1.95. The molecule has 0 radical (unpaired) electrons. The highest BCUT2D eigenvalue weighted by Crippen LogP contribution is 2.23. The molecule has 0 aliphatic carbocycles. The van der Waals surface area contributed by atoms with Crippen molar-refractivity contribution in [2.75, 3.05) is 26.2 Å². The first-order chi connectivity index (χ1) is 14.6. The maximum atomic E-state index is 12.5. The van der Waals surface area contributed by atoms with Crippen molar-refractivity contribution < 1.29 is 14.3 Å². The van der Waals surface area contributed by atoms with Gasteiger partial charge in [-0.3, -0.25) is 9.59 Å². The van der Waals surface area contributed by atoms with Gasteiger partial charge in [-0.05, 0) is 37.0 Å². The van der Waals surface area contributed by atoms with Gasteiger partial charge < -0.3 is 14.5 Å². The number of aryl methyl sites for hydroxylation is 1. The largest absolute Gasteiger partial charge is 0.494 e. The summed E-state index contributed by atoms with van der Waals surface area (Å²) in [6.45, 7) is 5.45. The topological polar surface area (TPSA) is 80.6 Å². The molecule has 2 aromatic rings. The number of nitrogens with zero attached hydrogens (tertiary/aromatic N) is 5. The molecule has 160 valence electrons. The summed E-state index contributed by atoms with van der Waals surface area (Å²) in [6.07, 6.45) is 5.67. The number of rotatable bonds is 9. The summed E-state index contributed by atoms with van der Waals surface area (Å²) < 4.78 is 7.42. The first-order valence-electron chi connectivity index (χ1n) is 10.8. The lowest BCUT2D eigenvalue weighted by Gasteiger charge is -2.39. The van der Waals surface area contributed by atoms with Crippen LogP contribution in [0.5, 0.6) is 5.75 Å². The Kier molecular flexibility index (Phi) is 6.30. The lowest BCUT2D eigenvalue weighted by Crippen LogP contribution is -2.51. The number of hydrogen-bond donors (Lipinski definition) is 0. The van der Waals surface area contributed by atoms with E-state index in [2.05, 4.69) is 17.2 Å². The summed E-state index contributed by atoms with van der Waals surface area (Å²) in [5.74, 6) is 1.23. The summed E-state index contributed by atoms with van der Waals surface area (Å²) in [5, 5.41) is 8.39. The van der Waals surface area contributed by atoms with E-state index in [-0.39, 0.29) is 17.9 Å². The van der Waals surface area contributed by atoms with Gasteiger partial charge in [-0.15, -0.1) is 5.10 Å². The Labute approximate surface area is 176 Å². The molecule has 0 atom stereocenters. The van der Waals surface area contributed by atoms with Crippen LogP contribution in [0.4, 0.5) is 0 Å². The van der Waals surface area contributed by atoms with Gasteiger partial charge in [-0.1, -0.05) is 24.3 Å². The van der Waals surface area contributed by atoms with Crippen molar-refractivity contribution in [3.8, 4) is 5.75 Å². The fourth-order valence-electron chi connectivity index (χ4n) is 3.84. The Morgan fingerprint density at radius 3 is 2.73 bits per heavy atom. The second-order valence-corrected chi connectivity index (χ2v) is 8.05. The third-order valence-corrected chi connectivity index (χ3v) is 5.69. The molecule has 4 rings (SSSR count). The number of carbonyl (C=O) groups excluding carboxylic acids is 2. The van der Waals surface area contributed by atoms with Crippen molar-refractivity contribution in [3.05, 3.63) is 41.7 Å². The Balaban J connectivity index is 1.20. The molecule has 1 aromatic heterocycles. The molecule has 0 N–H and O–H groups in total. The van der Waals surface area contributed by atoms with E-state index in [1.54, 1.807) is 0 Å². The van der Waals surface area contributed by atoms with E-state index in [0.717, 1.165) is 49.4 Å². The average Bonchev–Trinajstić information content (AvgIpc) is 3.34. The number of carbonyl (C=O) groups is 2. The normalized spacial score (nSPS) is 16.8. The first-order valence-corrected chi connectivity index (χ1v) is 10.8. The fourth-order valence-corrected chi connectivity index (χ4v) is 3.84. The SMILES string of the molecule is CCCOc1ccc(CCC(=O)N2CC(n3cc(CN4CCCC4=O)nn3)C2)cc1. The molecular formula is C22H29N5O3. The lowest BCUT2D eigenvalue weighted by atomic mass is 10.1. The van der Waals surface area contributed by atoms with Crippen molar-refractivity contribution in [2.24, 2.45) is 0 Å². The third kappa shape index (κ3) is 4.80. The number of ether oxygens (including phenoxy) is 1. The fraction of sp³-hybridized carbons (Fsp3) is 0.545. The van der Waals surface area contributed by atoms with Crippen LogP contribution in [0.15, 0.2) is 30.5 Å². The molecule has 3 heterocycles. The highest BCUT2D eigenvalue weighted by atomic mass is 16.5. The zero-order valence-electron chi connectivity index (χ0n) is 17.5. The Hall–Kier alpha value is -2.90. The minimum absolute atomic E-state index is 0.166. The molecule has 2 fully saturated rings. The van der Waals surface area contributed by atoms with Crippen LogP contribution in [0.25, 0.3) is 0 Å². The molecular weight excluding hydrogens is 382 g/mol. The molecule has 2 saturated heterocycles. The van der Waals surface area contributed by atoms with Crippen LogP contribution in [-0.2, 0) is 22.6 Å². The summed E-state index contributed by atoms with van der Waals surface area (Å²) in [6, 6.07) is 8.15. The van der Waals surface area contributed by atoms with Crippen LogP contribution in [0, 0.1) is 0 Å². The van der Waals surface area contributed by atoms with E-state index in [1.165, 1.54) is 0 Å². The molecule has 8 heteroatoms. The van der Waals surface area contributed by atoms with Crippen molar-refractivity contribution in [1.29, 1.82) is 0 Å². The number of likely N-dealkylation sites (tertiary alicyclic amines) is 2. The van der Waals surface area contributed by atoms with Crippen LogP contribution >= 0.6 is 0 Å². The highest BCUT2D eigenvalue weighted by molar-refractivity contribution is 5.78. The summed E-state index contributed by atoms with van der Waals surface area (Å²) in [7, 11) is 0. The Morgan fingerprint density at radius 2 is 2.03 bits per heavy atom. The minimum Gasteiger partial charge on any atom is -0.494 e. The van der Waals surface area contributed by atoms with Crippen LogP contribution in [0.3, 0.4) is 0 Å². The molecule has 0 saturated carbocycles. The Bertz CT molecular complexity index is 873. The van der Waals surface area contributed by atoms with Crippen molar-refractivity contribution >= 4 is 11.8 Å². The molecule has 0 unspecified atom stereocenters. The van der Waals surface area contributed by atoms with Crippen LogP contribution in [-0.4, -0.2) is 62.8 Å². The summed E-state index contributed by atoms with van der Waals surface area (Å²) in [4.78, 5) is 27.9. The van der Waals surface area contributed by atoms with Gasteiger partial charge in [0.15, 0.2) is 0 Å². The van der Waals surface area contributed by atoms with E-state index in [1.807, 2.05) is 44.9 Å². The van der Waals surface area contributed by atoms with E-state index >= 15 is 0 Å². The predicted octanol–water partition coefficient (Wildman–Crippen LogP) is 2.21. The maximum absolute atomic E-state index is 12.5. The van der Waals surface area contributed by atoms with Gasteiger partial charge >= 0.3 is 0 Å². The Morgan fingerprint density at radius 1 is 1.23 bits per heavy atom. The average molecular weight is 412 g/mol. The van der Waals surface area contributed by atoms with E-state index in [0.29, 0.717) is 32.5 Å². The van der Waals surface area contributed by atoms with Crippen molar-refractivity contribution in [3.63, 3.8) is 0 Å².